The van der Waals surface area contributed by atoms with Crippen LogP contribution in [0.3, 0.4) is 0 Å². The van der Waals surface area contributed by atoms with Gasteiger partial charge in [-0.3, -0.25) is 0 Å². The van der Waals surface area contributed by atoms with Gasteiger partial charge in [0.25, 0.3) is 0 Å². The highest BCUT2D eigenvalue weighted by molar-refractivity contribution is 6.01. The molecule has 148 valence electrons. The van der Waals surface area contributed by atoms with Gasteiger partial charge in [-0.15, -0.1) is 0 Å². The Hall–Kier alpha value is -3.07. The molecule has 0 aromatic heterocycles. The Kier molecular flexibility index (Phi) is 5.55. The van der Waals surface area contributed by atoms with Crippen LogP contribution in [-0.4, -0.2) is 28.8 Å². The molecule has 2 aromatic carbocycles. The number of halogens is 3. The lowest BCUT2D eigenvalue weighted by Gasteiger charge is -2.22. The molecule has 3 N–H and O–H groups in total. The summed E-state index contributed by atoms with van der Waals surface area (Å²) < 4.78 is 38.4. The van der Waals surface area contributed by atoms with Crippen molar-refractivity contribution in [3.8, 4) is 0 Å². The maximum absolute atomic E-state index is 12.8. The molecule has 6 nitrogen and oxygen atoms in total. The third kappa shape index (κ3) is 4.61. The Morgan fingerprint density at radius 2 is 1.71 bits per heavy atom. The van der Waals surface area contributed by atoms with E-state index in [-0.39, 0.29) is 18.3 Å². The second-order valence-electron chi connectivity index (χ2n) is 6.31. The van der Waals surface area contributed by atoms with E-state index < -0.39 is 18.4 Å². The molecule has 3 rings (SSSR count). The fraction of sp³-hybridized carbons (Fsp3) is 0.263. The van der Waals surface area contributed by atoms with Gasteiger partial charge in [-0.1, -0.05) is 53.7 Å². The van der Waals surface area contributed by atoms with Gasteiger partial charge in [-0.05, 0) is 22.8 Å². The van der Waals surface area contributed by atoms with Gasteiger partial charge in [0.2, 0.25) is 0 Å². The molecule has 28 heavy (non-hydrogen) atoms. The molecular weight excluding hydrogens is 375 g/mol. The molecule has 0 saturated heterocycles. The van der Waals surface area contributed by atoms with E-state index in [1.54, 1.807) is 24.3 Å². The Labute approximate surface area is 159 Å². The number of oxime groups is 1. The zero-order valence-electron chi connectivity index (χ0n) is 14.7. The van der Waals surface area contributed by atoms with Crippen molar-refractivity contribution in [1.82, 2.24) is 10.6 Å². The molecule has 0 fully saturated rings. The van der Waals surface area contributed by atoms with Gasteiger partial charge < -0.3 is 20.6 Å². The summed E-state index contributed by atoms with van der Waals surface area (Å²) in [6.07, 6.45) is -5.75. The fourth-order valence-corrected chi connectivity index (χ4v) is 2.61. The zero-order chi connectivity index (χ0) is 20.2. The number of aliphatic hydroxyl groups is 1. The van der Waals surface area contributed by atoms with Gasteiger partial charge in [0, 0.05) is 13.1 Å². The highest BCUT2D eigenvalue weighted by atomic mass is 19.4. The Balaban J connectivity index is 1.55. The average molecular weight is 393 g/mol. The van der Waals surface area contributed by atoms with Crippen molar-refractivity contribution in [2.75, 3.05) is 0 Å². The van der Waals surface area contributed by atoms with Crippen molar-refractivity contribution in [2.45, 2.75) is 31.5 Å². The minimum absolute atomic E-state index is 0.0183. The molecular formula is C19H18F3N3O3. The summed E-state index contributed by atoms with van der Waals surface area (Å²) in [5.41, 5.74) is 1.98. The Morgan fingerprint density at radius 1 is 1.07 bits per heavy atom. The summed E-state index contributed by atoms with van der Waals surface area (Å²) in [6.45, 7) is 0.545. The molecule has 2 amide bonds. The van der Waals surface area contributed by atoms with E-state index in [0.717, 1.165) is 5.56 Å². The molecule has 9 heteroatoms. The fourth-order valence-electron chi connectivity index (χ4n) is 2.61. The number of benzene rings is 2. The predicted octanol–water partition coefficient (Wildman–Crippen LogP) is 3.06. The number of rotatable bonds is 5. The summed E-state index contributed by atoms with van der Waals surface area (Å²) in [7, 11) is 0. The number of hydrogen-bond acceptors (Lipinski definition) is 4. The van der Waals surface area contributed by atoms with Crippen LogP contribution in [0, 0.1) is 0 Å². The quantitative estimate of drug-likeness (QED) is 0.730. The van der Waals surface area contributed by atoms with Gasteiger partial charge in [-0.2, -0.15) is 13.2 Å². The van der Waals surface area contributed by atoms with Gasteiger partial charge in [0.15, 0.2) is 0 Å². The molecule has 1 unspecified atom stereocenters. The van der Waals surface area contributed by atoms with Gasteiger partial charge in [0.05, 0.1) is 12.1 Å². The summed E-state index contributed by atoms with van der Waals surface area (Å²) >= 11 is 0. The Morgan fingerprint density at radius 3 is 2.36 bits per heavy atom. The molecule has 0 aliphatic carbocycles. The first-order valence-corrected chi connectivity index (χ1v) is 8.46. The zero-order valence-corrected chi connectivity index (χ0v) is 14.7. The number of nitrogens with zero attached hydrogens (tertiary/aromatic N) is 1. The van der Waals surface area contributed by atoms with Crippen LogP contribution >= 0.6 is 0 Å². The molecule has 0 spiro atoms. The molecule has 0 bridgehead atoms. The van der Waals surface area contributed by atoms with Crippen LogP contribution in [0.2, 0.25) is 0 Å². The lowest BCUT2D eigenvalue weighted by molar-refractivity contribution is -0.355. The van der Waals surface area contributed by atoms with E-state index >= 15 is 0 Å². The van der Waals surface area contributed by atoms with Crippen molar-refractivity contribution in [3.63, 3.8) is 0 Å². The normalized spacial score (nSPS) is 18.9. The van der Waals surface area contributed by atoms with Crippen LogP contribution in [-0.2, 0) is 17.9 Å². The largest absolute Gasteiger partial charge is 0.458 e. The van der Waals surface area contributed by atoms with Crippen molar-refractivity contribution in [2.24, 2.45) is 5.16 Å². The standard InChI is InChI=1S/C19H18F3N3O3/c20-19(21,22)18(27)10-16(25-28-18)15-8-4-7-14(9-15)12-24-17(26)23-11-13-5-2-1-3-6-13/h1-9,27H,10-12H2,(H2,23,24,26). The number of alkyl halides is 3. The summed E-state index contributed by atoms with van der Waals surface area (Å²) in [5, 5.41) is 18.3. The van der Waals surface area contributed by atoms with Gasteiger partial charge in [-0.25, -0.2) is 4.79 Å². The van der Waals surface area contributed by atoms with Crippen molar-refractivity contribution < 1.29 is 27.9 Å². The number of amides is 2. The highest BCUT2D eigenvalue weighted by Gasteiger charge is 2.60. The minimum Gasteiger partial charge on any atom is -0.350 e. The maximum atomic E-state index is 12.8. The molecule has 1 atom stereocenters. The Bertz CT molecular complexity index is 871. The van der Waals surface area contributed by atoms with E-state index in [1.165, 1.54) is 0 Å². The van der Waals surface area contributed by atoms with Crippen LogP contribution in [0.4, 0.5) is 18.0 Å². The second-order valence-corrected chi connectivity index (χ2v) is 6.31. The average Bonchev–Trinajstić information content (AvgIpc) is 3.09. The molecule has 1 heterocycles. The second kappa shape index (κ2) is 7.89. The van der Waals surface area contributed by atoms with E-state index in [0.29, 0.717) is 17.7 Å². The first-order chi connectivity index (χ1) is 13.3. The number of carbonyl (C=O) groups is 1. The van der Waals surface area contributed by atoms with Crippen LogP contribution in [0.5, 0.6) is 0 Å². The number of nitrogens with one attached hydrogen (secondary N) is 2. The van der Waals surface area contributed by atoms with Crippen molar-refractivity contribution in [1.29, 1.82) is 0 Å². The first kappa shape index (κ1) is 19.7. The van der Waals surface area contributed by atoms with Crippen LogP contribution in [0.1, 0.15) is 23.1 Å². The minimum atomic E-state index is -4.95. The lowest BCUT2D eigenvalue weighted by Crippen LogP contribution is -2.45. The van der Waals surface area contributed by atoms with Gasteiger partial charge >= 0.3 is 18.0 Å². The maximum Gasteiger partial charge on any atom is 0.458 e. The number of urea groups is 1. The summed E-state index contributed by atoms with van der Waals surface area (Å²) in [4.78, 5) is 16.1. The first-order valence-electron chi connectivity index (χ1n) is 8.46. The van der Waals surface area contributed by atoms with Crippen molar-refractivity contribution in [3.05, 3.63) is 71.3 Å². The van der Waals surface area contributed by atoms with Crippen molar-refractivity contribution >= 4 is 11.7 Å². The lowest BCUT2D eigenvalue weighted by atomic mass is 10.0. The smallest absolute Gasteiger partial charge is 0.350 e. The van der Waals surface area contributed by atoms with E-state index in [4.69, 9.17) is 0 Å². The molecule has 0 radical (unpaired) electrons. The molecule has 0 saturated carbocycles. The summed E-state index contributed by atoms with van der Waals surface area (Å²) in [5.74, 6) is -3.31. The predicted molar refractivity (Wildman–Crippen MR) is 95.2 cm³/mol. The molecule has 1 aliphatic heterocycles. The van der Waals surface area contributed by atoms with E-state index in [1.807, 2.05) is 30.3 Å². The third-order valence-corrected chi connectivity index (χ3v) is 4.17. The van der Waals surface area contributed by atoms with Crippen LogP contribution in [0.25, 0.3) is 0 Å². The van der Waals surface area contributed by atoms with Crippen LogP contribution < -0.4 is 10.6 Å². The molecule has 1 aliphatic rings. The van der Waals surface area contributed by atoms with Crippen LogP contribution in [0.15, 0.2) is 59.8 Å². The highest BCUT2D eigenvalue weighted by Crippen LogP contribution is 2.38. The topological polar surface area (TPSA) is 83.0 Å². The molecule has 2 aromatic rings. The van der Waals surface area contributed by atoms with E-state index in [2.05, 4.69) is 20.6 Å². The number of carbonyl (C=O) groups excluding carboxylic acids is 1. The van der Waals surface area contributed by atoms with Gasteiger partial charge in [0.1, 0.15) is 0 Å². The summed E-state index contributed by atoms with van der Waals surface area (Å²) in [6, 6.07) is 15.5. The monoisotopic (exact) mass is 393 g/mol. The van der Waals surface area contributed by atoms with E-state index in [9.17, 15) is 23.1 Å². The third-order valence-electron chi connectivity index (χ3n) is 4.17. The SMILES string of the molecule is O=C(NCc1ccccc1)NCc1cccc(C2=NOC(O)(C(F)(F)F)C2)c1. The number of hydrogen-bond donors (Lipinski definition) is 3.